The number of benzene rings is 1. The first-order valence-corrected chi connectivity index (χ1v) is 8.46. The normalized spacial score (nSPS) is 14.7. The van der Waals surface area contributed by atoms with Crippen molar-refractivity contribution < 1.29 is 0 Å². The predicted octanol–water partition coefficient (Wildman–Crippen LogP) is 3.48. The van der Waals surface area contributed by atoms with Crippen LogP contribution in [0.15, 0.2) is 49.3 Å². The third-order valence-corrected chi connectivity index (χ3v) is 4.72. The highest BCUT2D eigenvalue weighted by atomic mass is 15.1. The van der Waals surface area contributed by atoms with Gasteiger partial charge in [0.05, 0.1) is 0 Å². The highest BCUT2D eigenvalue weighted by molar-refractivity contribution is 5.84. The number of rotatable bonds is 4. The van der Waals surface area contributed by atoms with Crippen molar-refractivity contribution in [1.29, 1.82) is 0 Å². The number of para-hydroxylation sites is 1. The summed E-state index contributed by atoms with van der Waals surface area (Å²) in [6.45, 7) is 9.61. The molecule has 122 valence electrons. The van der Waals surface area contributed by atoms with Crippen molar-refractivity contribution in [2.24, 2.45) is 0 Å². The molecule has 2 aromatic heterocycles. The van der Waals surface area contributed by atoms with Gasteiger partial charge in [0.15, 0.2) is 0 Å². The first-order valence-electron chi connectivity index (χ1n) is 8.46. The maximum Gasteiger partial charge on any atom is 0.125 e. The van der Waals surface area contributed by atoms with Crippen molar-refractivity contribution in [3.8, 4) is 0 Å². The van der Waals surface area contributed by atoms with E-state index in [0.29, 0.717) is 0 Å². The largest absolute Gasteiger partial charge is 0.343 e. The van der Waals surface area contributed by atoms with Crippen LogP contribution < -0.4 is 0 Å². The molecular formula is C20H22N4. The summed E-state index contributed by atoms with van der Waals surface area (Å²) in [6.07, 6.45) is 7.22. The van der Waals surface area contributed by atoms with Crippen LogP contribution in [0.1, 0.15) is 22.6 Å². The first kappa shape index (κ1) is 15.1. The van der Waals surface area contributed by atoms with Crippen molar-refractivity contribution in [2.45, 2.75) is 33.0 Å². The SMILES string of the molecule is C=CCn1cc(CN2CCc3nc(C)ncc3C2)c2ccccc21. The minimum atomic E-state index is 0.844. The lowest BCUT2D eigenvalue weighted by Gasteiger charge is -2.27. The smallest absolute Gasteiger partial charge is 0.125 e. The Hall–Kier alpha value is -2.46. The standard InChI is InChI=1S/C20H22N4/c1-3-9-24-14-17(18-6-4-5-7-20(18)24)13-23-10-8-19-16(12-23)11-21-15(2)22-19/h3-7,11,14H,1,8-10,12-13H2,2H3. The third kappa shape index (κ3) is 2.74. The molecule has 0 amide bonds. The van der Waals surface area contributed by atoms with Crippen molar-refractivity contribution in [1.82, 2.24) is 19.4 Å². The lowest BCUT2D eigenvalue weighted by atomic mass is 10.1. The monoisotopic (exact) mass is 318 g/mol. The summed E-state index contributed by atoms with van der Waals surface area (Å²) in [5, 5.41) is 1.34. The van der Waals surface area contributed by atoms with E-state index in [0.717, 1.165) is 38.4 Å². The second kappa shape index (κ2) is 6.21. The van der Waals surface area contributed by atoms with Crippen LogP contribution in [-0.4, -0.2) is 26.0 Å². The molecule has 0 unspecified atom stereocenters. The fraction of sp³-hybridized carbons (Fsp3) is 0.300. The molecule has 1 aliphatic rings. The van der Waals surface area contributed by atoms with Gasteiger partial charge >= 0.3 is 0 Å². The van der Waals surface area contributed by atoms with Gasteiger partial charge in [-0.15, -0.1) is 6.58 Å². The molecule has 0 saturated carbocycles. The molecule has 3 aromatic rings. The molecule has 0 bridgehead atoms. The van der Waals surface area contributed by atoms with Gasteiger partial charge in [0.25, 0.3) is 0 Å². The summed E-state index contributed by atoms with van der Waals surface area (Å²) in [5.74, 6) is 0.870. The van der Waals surface area contributed by atoms with Crippen molar-refractivity contribution in [3.63, 3.8) is 0 Å². The maximum atomic E-state index is 4.58. The maximum absolute atomic E-state index is 4.58. The number of aromatic nitrogens is 3. The van der Waals surface area contributed by atoms with E-state index in [4.69, 9.17) is 0 Å². The number of aryl methyl sites for hydroxylation is 1. The van der Waals surface area contributed by atoms with Gasteiger partial charge in [0, 0.05) is 67.2 Å². The molecule has 4 heteroatoms. The minimum absolute atomic E-state index is 0.844. The van der Waals surface area contributed by atoms with Crippen LogP contribution in [0.3, 0.4) is 0 Å². The van der Waals surface area contributed by atoms with Crippen LogP contribution in [-0.2, 0) is 26.1 Å². The number of hydrogen-bond acceptors (Lipinski definition) is 3. The van der Waals surface area contributed by atoms with Crippen LogP contribution in [0.4, 0.5) is 0 Å². The first-order chi connectivity index (χ1) is 11.7. The quantitative estimate of drug-likeness (QED) is 0.691. The van der Waals surface area contributed by atoms with E-state index in [-0.39, 0.29) is 0 Å². The summed E-state index contributed by atoms with van der Waals surface area (Å²) >= 11 is 0. The van der Waals surface area contributed by atoms with E-state index >= 15 is 0 Å². The van der Waals surface area contributed by atoms with Crippen LogP contribution in [0.2, 0.25) is 0 Å². The molecule has 0 fully saturated rings. The molecule has 0 spiro atoms. The molecule has 4 nitrogen and oxygen atoms in total. The van der Waals surface area contributed by atoms with E-state index in [2.05, 4.69) is 56.5 Å². The van der Waals surface area contributed by atoms with Gasteiger partial charge < -0.3 is 4.57 Å². The van der Waals surface area contributed by atoms with Gasteiger partial charge in [-0.25, -0.2) is 9.97 Å². The van der Waals surface area contributed by atoms with E-state index < -0.39 is 0 Å². The van der Waals surface area contributed by atoms with Gasteiger partial charge in [-0.05, 0) is 18.6 Å². The molecule has 0 aliphatic carbocycles. The van der Waals surface area contributed by atoms with E-state index in [1.165, 1.54) is 27.7 Å². The van der Waals surface area contributed by atoms with Crippen molar-refractivity contribution >= 4 is 10.9 Å². The molecular weight excluding hydrogens is 296 g/mol. The van der Waals surface area contributed by atoms with Crippen molar-refractivity contribution in [2.75, 3.05) is 6.54 Å². The molecule has 24 heavy (non-hydrogen) atoms. The van der Waals surface area contributed by atoms with Crippen LogP contribution in [0.25, 0.3) is 10.9 Å². The second-order valence-corrected chi connectivity index (χ2v) is 6.46. The lowest BCUT2D eigenvalue weighted by Crippen LogP contribution is -2.31. The van der Waals surface area contributed by atoms with Crippen LogP contribution in [0.5, 0.6) is 0 Å². The average Bonchev–Trinajstić information content (AvgIpc) is 2.93. The molecule has 4 rings (SSSR count). The summed E-state index contributed by atoms with van der Waals surface area (Å²) < 4.78 is 2.28. The average molecular weight is 318 g/mol. The molecule has 0 radical (unpaired) electrons. The van der Waals surface area contributed by atoms with Crippen molar-refractivity contribution in [3.05, 3.63) is 72.0 Å². The highest BCUT2D eigenvalue weighted by Gasteiger charge is 2.19. The zero-order valence-corrected chi connectivity index (χ0v) is 14.1. The molecule has 0 N–H and O–H groups in total. The Balaban J connectivity index is 1.61. The van der Waals surface area contributed by atoms with Gasteiger partial charge in [0.1, 0.15) is 5.82 Å². The molecule has 1 aromatic carbocycles. The zero-order valence-electron chi connectivity index (χ0n) is 14.1. The fourth-order valence-electron chi connectivity index (χ4n) is 3.59. The van der Waals surface area contributed by atoms with Gasteiger partial charge in [-0.3, -0.25) is 4.90 Å². The molecule has 3 heterocycles. The van der Waals surface area contributed by atoms with Gasteiger partial charge in [0.2, 0.25) is 0 Å². The number of allylic oxidation sites excluding steroid dienone is 1. The Morgan fingerprint density at radius 2 is 2.17 bits per heavy atom. The second-order valence-electron chi connectivity index (χ2n) is 6.46. The zero-order chi connectivity index (χ0) is 16.5. The Bertz CT molecular complexity index is 894. The van der Waals surface area contributed by atoms with Crippen LogP contribution in [0, 0.1) is 6.92 Å². The Labute approximate surface area is 142 Å². The van der Waals surface area contributed by atoms with Crippen LogP contribution >= 0.6 is 0 Å². The fourth-order valence-corrected chi connectivity index (χ4v) is 3.59. The van der Waals surface area contributed by atoms with E-state index in [9.17, 15) is 0 Å². The molecule has 1 aliphatic heterocycles. The summed E-state index contributed by atoms with van der Waals surface area (Å²) in [4.78, 5) is 11.4. The number of hydrogen-bond donors (Lipinski definition) is 0. The lowest BCUT2D eigenvalue weighted by molar-refractivity contribution is 0.243. The summed E-state index contributed by atoms with van der Waals surface area (Å²) in [5.41, 5.74) is 5.14. The van der Waals surface area contributed by atoms with E-state index in [1.54, 1.807) is 0 Å². The third-order valence-electron chi connectivity index (χ3n) is 4.72. The topological polar surface area (TPSA) is 34.0 Å². The highest BCUT2D eigenvalue weighted by Crippen LogP contribution is 2.25. The van der Waals surface area contributed by atoms with E-state index in [1.807, 2.05) is 19.2 Å². The predicted molar refractivity (Wildman–Crippen MR) is 96.7 cm³/mol. The van der Waals surface area contributed by atoms with Gasteiger partial charge in [-0.2, -0.15) is 0 Å². The minimum Gasteiger partial charge on any atom is -0.343 e. The number of fused-ring (bicyclic) bond motifs is 2. The Morgan fingerprint density at radius 3 is 3.04 bits per heavy atom. The number of nitrogens with zero attached hydrogens (tertiary/aromatic N) is 4. The van der Waals surface area contributed by atoms with Gasteiger partial charge in [-0.1, -0.05) is 24.3 Å². The molecule has 0 atom stereocenters. The Morgan fingerprint density at radius 1 is 1.29 bits per heavy atom. The molecule has 0 saturated heterocycles. The summed E-state index contributed by atoms with van der Waals surface area (Å²) in [7, 11) is 0. The summed E-state index contributed by atoms with van der Waals surface area (Å²) in [6, 6.07) is 8.62. The Kier molecular flexibility index (Phi) is 3.90.